The van der Waals surface area contributed by atoms with Crippen LogP contribution in [0.4, 0.5) is 5.82 Å². The molecule has 1 atom stereocenters. The number of amides is 1. The van der Waals surface area contributed by atoms with Crippen molar-refractivity contribution in [3.63, 3.8) is 0 Å². The van der Waals surface area contributed by atoms with Gasteiger partial charge in [-0.3, -0.25) is 9.36 Å². The summed E-state index contributed by atoms with van der Waals surface area (Å²) in [7, 11) is 0. The summed E-state index contributed by atoms with van der Waals surface area (Å²) in [4.78, 5) is 28.9. The number of carbonyl (C=O) groups excluding carboxylic acids is 1. The predicted octanol–water partition coefficient (Wildman–Crippen LogP) is 4.76. The highest BCUT2D eigenvalue weighted by Gasteiger charge is 2.28. The predicted molar refractivity (Wildman–Crippen MR) is 129 cm³/mol. The van der Waals surface area contributed by atoms with Gasteiger partial charge in [0, 0.05) is 49.2 Å². The van der Waals surface area contributed by atoms with E-state index in [0.717, 1.165) is 56.7 Å². The van der Waals surface area contributed by atoms with E-state index in [-0.39, 0.29) is 11.9 Å². The third kappa shape index (κ3) is 6.53. The maximum Gasteiger partial charge on any atom is 0.237 e. The van der Waals surface area contributed by atoms with Gasteiger partial charge < -0.3 is 10.2 Å². The molecule has 0 aliphatic carbocycles. The maximum absolute atomic E-state index is 12.7. The molecular formula is C25H40N6O. The summed E-state index contributed by atoms with van der Waals surface area (Å²) in [6, 6.07) is 0.184. The lowest BCUT2D eigenvalue weighted by Gasteiger charge is -2.37. The van der Waals surface area contributed by atoms with E-state index < -0.39 is 0 Å². The summed E-state index contributed by atoms with van der Waals surface area (Å²) in [5.41, 5.74) is 2.17. The van der Waals surface area contributed by atoms with Crippen molar-refractivity contribution in [1.82, 2.24) is 24.8 Å². The average molecular weight is 441 g/mol. The highest BCUT2D eigenvalue weighted by molar-refractivity contribution is 5.77. The van der Waals surface area contributed by atoms with Crippen LogP contribution in [-0.4, -0.2) is 44.6 Å². The van der Waals surface area contributed by atoms with Crippen LogP contribution in [0.25, 0.3) is 5.95 Å². The van der Waals surface area contributed by atoms with Crippen molar-refractivity contribution < 1.29 is 4.79 Å². The number of imidazole rings is 1. The second-order valence-corrected chi connectivity index (χ2v) is 8.90. The summed E-state index contributed by atoms with van der Waals surface area (Å²) in [5, 5.41) is 3.16. The first kappa shape index (κ1) is 24.2. The third-order valence-corrected chi connectivity index (χ3v) is 6.44. The lowest BCUT2D eigenvalue weighted by Crippen LogP contribution is -2.44. The molecule has 1 N–H and O–H groups in total. The minimum absolute atomic E-state index is 0.161. The molecule has 3 rings (SSSR count). The van der Waals surface area contributed by atoms with Crippen LogP contribution in [-0.2, 0) is 11.2 Å². The number of nitrogens with one attached hydrogen (secondary N) is 1. The van der Waals surface area contributed by atoms with Crippen LogP contribution in [0, 0.1) is 6.92 Å². The number of hydrogen-bond acceptors (Lipinski definition) is 5. The van der Waals surface area contributed by atoms with Gasteiger partial charge in [-0.1, -0.05) is 46.0 Å². The Morgan fingerprint density at radius 3 is 2.69 bits per heavy atom. The molecule has 1 aliphatic rings. The van der Waals surface area contributed by atoms with Gasteiger partial charge in [0.05, 0.1) is 0 Å². The van der Waals surface area contributed by atoms with Gasteiger partial charge in [0.25, 0.3) is 0 Å². The molecule has 32 heavy (non-hydrogen) atoms. The van der Waals surface area contributed by atoms with Crippen LogP contribution < -0.4 is 10.2 Å². The average Bonchev–Trinajstić information content (AvgIpc) is 3.33. The zero-order valence-corrected chi connectivity index (χ0v) is 20.1. The van der Waals surface area contributed by atoms with Crippen molar-refractivity contribution in [3.05, 3.63) is 30.0 Å². The fourth-order valence-electron chi connectivity index (χ4n) is 4.62. The molecule has 0 aromatic carbocycles. The first-order valence-corrected chi connectivity index (χ1v) is 12.5. The molecule has 0 spiro atoms. The summed E-state index contributed by atoms with van der Waals surface area (Å²) in [6.45, 7) is 8.16. The highest BCUT2D eigenvalue weighted by Crippen LogP contribution is 2.30. The summed E-state index contributed by atoms with van der Waals surface area (Å²) < 4.78 is 1.85. The second-order valence-electron chi connectivity index (χ2n) is 8.90. The summed E-state index contributed by atoms with van der Waals surface area (Å²) in [5.74, 6) is 1.79. The van der Waals surface area contributed by atoms with E-state index >= 15 is 0 Å². The first-order valence-electron chi connectivity index (χ1n) is 12.5. The van der Waals surface area contributed by atoms with E-state index in [1.807, 2.05) is 10.8 Å². The van der Waals surface area contributed by atoms with Crippen LogP contribution in [0.1, 0.15) is 89.3 Å². The smallest absolute Gasteiger partial charge is 0.237 e. The van der Waals surface area contributed by atoms with Crippen molar-refractivity contribution in [1.29, 1.82) is 0 Å². The maximum atomic E-state index is 12.7. The zero-order valence-electron chi connectivity index (χ0n) is 20.1. The molecule has 0 radical (unpaired) electrons. The van der Waals surface area contributed by atoms with Crippen molar-refractivity contribution in [3.8, 4) is 5.95 Å². The number of unbranched alkanes of at least 4 members (excludes halogenated alkanes) is 5. The molecule has 1 aliphatic heterocycles. The Morgan fingerprint density at radius 1 is 1.12 bits per heavy atom. The topological polar surface area (TPSA) is 75.9 Å². The Labute approximate surface area is 193 Å². The molecule has 176 valence electrons. The van der Waals surface area contributed by atoms with Crippen LogP contribution in [0.2, 0.25) is 0 Å². The lowest BCUT2D eigenvalue weighted by atomic mass is 9.97. The second kappa shape index (κ2) is 12.6. The molecule has 7 nitrogen and oxygen atoms in total. The molecule has 2 aromatic rings. The van der Waals surface area contributed by atoms with E-state index in [1.54, 1.807) is 12.5 Å². The number of anilines is 1. The quantitative estimate of drug-likeness (QED) is 0.482. The lowest BCUT2D eigenvalue weighted by molar-refractivity contribution is -0.121. The highest BCUT2D eigenvalue weighted by atomic mass is 16.1. The van der Waals surface area contributed by atoms with Crippen LogP contribution in [0.5, 0.6) is 0 Å². The number of carbonyl (C=O) groups is 1. The number of aryl methyl sites for hydroxylation is 1. The largest absolute Gasteiger partial charge is 0.356 e. The molecule has 1 amide bonds. The van der Waals surface area contributed by atoms with Gasteiger partial charge in [-0.05, 0) is 39.0 Å². The third-order valence-electron chi connectivity index (χ3n) is 6.44. The molecule has 1 saturated heterocycles. The van der Waals surface area contributed by atoms with E-state index in [9.17, 15) is 4.79 Å². The standard InChI is InChI=1S/C25H40N6O/c1-4-6-7-8-9-11-14-27-23(32)18-21-13-10-12-16-31(21)24-22(5-2)20(3)28-25(29-24)30-17-15-26-19-30/h15,17,19,21H,4-14,16,18H2,1-3H3,(H,27,32). The van der Waals surface area contributed by atoms with E-state index in [0.29, 0.717) is 12.4 Å². The first-order chi connectivity index (χ1) is 15.6. The fourth-order valence-corrected chi connectivity index (χ4v) is 4.62. The fraction of sp³-hybridized carbons (Fsp3) is 0.680. The molecule has 3 heterocycles. The van der Waals surface area contributed by atoms with E-state index in [4.69, 9.17) is 9.97 Å². The number of aromatic nitrogens is 4. The van der Waals surface area contributed by atoms with Crippen LogP contribution in [0.15, 0.2) is 18.7 Å². The Bertz CT molecular complexity index is 835. The number of piperidine rings is 1. The molecule has 2 aromatic heterocycles. The molecule has 0 bridgehead atoms. The van der Waals surface area contributed by atoms with Crippen molar-refractivity contribution >= 4 is 11.7 Å². The molecule has 1 fully saturated rings. The summed E-state index contributed by atoms with van der Waals surface area (Å²) in [6.07, 6.45) is 17.5. The van der Waals surface area contributed by atoms with Crippen molar-refractivity contribution in [2.75, 3.05) is 18.0 Å². The zero-order chi connectivity index (χ0) is 22.8. The molecule has 7 heteroatoms. The van der Waals surface area contributed by atoms with Gasteiger partial charge in [-0.2, -0.15) is 4.98 Å². The Hall–Kier alpha value is -2.44. The molecule has 1 unspecified atom stereocenters. The Morgan fingerprint density at radius 2 is 1.94 bits per heavy atom. The van der Waals surface area contributed by atoms with Gasteiger partial charge in [0.1, 0.15) is 12.1 Å². The Balaban J connectivity index is 1.65. The summed E-state index contributed by atoms with van der Waals surface area (Å²) >= 11 is 0. The normalized spacial score (nSPS) is 16.3. The SMILES string of the molecule is CCCCCCCCNC(=O)CC1CCCCN1c1nc(-n2ccnc2)nc(C)c1CC. The van der Waals surface area contributed by atoms with Crippen molar-refractivity contribution in [2.45, 2.75) is 97.4 Å². The van der Waals surface area contributed by atoms with Gasteiger partial charge in [0.2, 0.25) is 11.9 Å². The minimum Gasteiger partial charge on any atom is -0.356 e. The van der Waals surface area contributed by atoms with Crippen molar-refractivity contribution in [2.24, 2.45) is 0 Å². The van der Waals surface area contributed by atoms with Gasteiger partial charge in [-0.15, -0.1) is 0 Å². The number of nitrogens with zero attached hydrogens (tertiary/aromatic N) is 5. The van der Waals surface area contributed by atoms with E-state index in [2.05, 4.69) is 36.0 Å². The molecular weight excluding hydrogens is 400 g/mol. The number of hydrogen-bond donors (Lipinski definition) is 1. The van der Waals surface area contributed by atoms with Gasteiger partial charge >= 0.3 is 0 Å². The van der Waals surface area contributed by atoms with Crippen LogP contribution >= 0.6 is 0 Å². The van der Waals surface area contributed by atoms with Gasteiger partial charge in [0.15, 0.2) is 0 Å². The van der Waals surface area contributed by atoms with Crippen LogP contribution in [0.3, 0.4) is 0 Å². The Kier molecular flexibility index (Phi) is 9.50. The molecule has 0 saturated carbocycles. The van der Waals surface area contributed by atoms with E-state index in [1.165, 1.54) is 37.7 Å². The van der Waals surface area contributed by atoms with Gasteiger partial charge in [-0.25, -0.2) is 9.97 Å². The monoisotopic (exact) mass is 440 g/mol. The minimum atomic E-state index is 0.161. The number of rotatable bonds is 12.